The average Bonchev–Trinajstić information content (AvgIpc) is 2.95. The summed E-state index contributed by atoms with van der Waals surface area (Å²) in [6.07, 6.45) is 0.435. The standard InChI is InChI=1S/C20H21NO3/c1-4-20-15-9-7-6-8-14(15)19(3,21(20)18(23)24-5-2)17-12-13(22)10-11-16(17)20/h6-12,22H,4-5H2,1-3H3. The first kappa shape index (κ1) is 15.1. The maximum atomic E-state index is 12.9. The van der Waals surface area contributed by atoms with E-state index in [4.69, 9.17) is 4.74 Å². The first-order chi connectivity index (χ1) is 11.5. The van der Waals surface area contributed by atoms with Gasteiger partial charge in [-0.2, -0.15) is 0 Å². The largest absolute Gasteiger partial charge is 0.508 e. The van der Waals surface area contributed by atoms with Gasteiger partial charge in [0.15, 0.2) is 0 Å². The number of hydrogen-bond donors (Lipinski definition) is 1. The van der Waals surface area contributed by atoms with Crippen LogP contribution < -0.4 is 0 Å². The van der Waals surface area contributed by atoms with Crippen molar-refractivity contribution in [2.24, 2.45) is 0 Å². The van der Waals surface area contributed by atoms with Crippen molar-refractivity contribution in [3.8, 4) is 5.75 Å². The van der Waals surface area contributed by atoms with Gasteiger partial charge in [-0.3, -0.25) is 4.90 Å². The predicted octanol–water partition coefficient (Wildman–Crippen LogP) is 4.09. The van der Waals surface area contributed by atoms with Crippen LogP contribution in [0, 0.1) is 0 Å². The molecular formula is C20H21NO3. The lowest BCUT2D eigenvalue weighted by atomic mass is 9.72. The van der Waals surface area contributed by atoms with Gasteiger partial charge in [-0.05, 0) is 54.7 Å². The first-order valence-electron chi connectivity index (χ1n) is 8.42. The van der Waals surface area contributed by atoms with Crippen molar-refractivity contribution in [2.75, 3.05) is 6.61 Å². The number of benzene rings is 2. The Balaban J connectivity index is 2.08. The summed E-state index contributed by atoms with van der Waals surface area (Å²) in [7, 11) is 0. The van der Waals surface area contributed by atoms with Crippen LogP contribution in [0.1, 0.15) is 49.4 Å². The molecule has 4 heteroatoms. The number of carbonyl (C=O) groups excluding carboxylic acids is 1. The minimum absolute atomic E-state index is 0.218. The van der Waals surface area contributed by atoms with Crippen molar-refractivity contribution < 1.29 is 14.6 Å². The molecule has 0 aliphatic carbocycles. The zero-order valence-corrected chi connectivity index (χ0v) is 14.2. The van der Waals surface area contributed by atoms with E-state index in [0.717, 1.165) is 28.7 Å². The molecule has 2 aromatic rings. The second-order valence-electron chi connectivity index (χ2n) is 6.60. The van der Waals surface area contributed by atoms with Crippen molar-refractivity contribution in [3.63, 3.8) is 0 Å². The summed E-state index contributed by atoms with van der Waals surface area (Å²) in [6.45, 7) is 6.30. The van der Waals surface area contributed by atoms with E-state index in [2.05, 4.69) is 19.1 Å². The molecule has 0 fully saturated rings. The Morgan fingerprint density at radius 3 is 2.42 bits per heavy atom. The van der Waals surface area contributed by atoms with Gasteiger partial charge in [0.1, 0.15) is 5.75 Å². The Labute approximate surface area is 141 Å². The van der Waals surface area contributed by atoms with Crippen LogP contribution in [0.4, 0.5) is 4.79 Å². The van der Waals surface area contributed by atoms with E-state index in [-0.39, 0.29) is 11.8 Å². The van der Waals surface area contributed by atoms with E-state index in [1.54, 1.807) is 12.1 Å². The van der Waals surface area contributed by atoms with Crippen LogP contribution in [-0.4, -0.2) is 22.7 Å². The summed E-state index contributed by atoms with van der Waals surface area (Å²) in [5.74, 6) is 0.218. The first-order valence-corrected chi connectivity index (χ1v) is 8.42. The van der Waals surface area contributed by atoms with Crippen molar-refractivity contribution in [3.05, 3.63) is 64.7 Å². The molecule has 2 aliphatic heterocycles. The number of hydrogen-bond acceptors (Lipinski definition) is 3. The SMILES string of the molecule is CCOC(=O)N1C2(C)c3ccccc3C1(CC)c1ccc(O)cc12. The third kappa shape index (κ3) is 1.47. The number of amides is 1. The second kappa shape index (κ2) is 4.76. The van der Waals surface area contributed by atoms with Crippen molar-refractivity contribution in [1.82, 2.24) is 4.90 Å². The molecule has 0 saturated heterocycles. The normalized spacial score (nSPS) is 26.2. The number of fused-ring (bicyclic) bond motifs is 8. The summed E-state index contributed by atoms with van der Waals surface area (Å²) in [5, 5.41) is 10.0. The molecule has 2 aromatic carbocycles. The van der Waals surface area contributed by atoms with Crippen molar-refractivity contribution >= 4 is 6.09 Å². The zero-order chi connectivity index (χ0) is 17.1. The van der Waals surface area contributed by atoms with Crippen LogP contribution in [-0.2, 0) is 15.8 Å². The summed E-state index contributed by atoms with van der Waals surface area (Å²) >= 11 is 0. The fraction of sp³-hybridized carbons (Fsp3) is 0.350. The van der Waals surface area contributed by atoms with Gasteiger partial charge in [0.05, 0.1) is 17.7 Å². The highest BCUT2D eigenvalue weighted by Gasteiger charge is 2.66. The summed E-state index contributed by atoms with van der Waals surface area (Å²) < 4.78 is 5.42. The molecule has 2 heterocycles. The highest BCUT2D eigenvalue weighted by Crippen LogP contribution is 2.64. The van der Waals surface area contributed by atoms with Crippen LogP contribution in [0.2, 0.25) is 0 Å². The molecule has 2 aliphatic rings. The Hall–Kier alpha value is -2.49. The molecule has 0 radical (unpaired) electrons. The lowest BCUT2D eigenvalue weighted by Gasteiger charge is -2.37. The highest BCUT2D eigenvalue weighted by atomic mass is 16.6. The second-order valence-corrected chi connectivity index (χ2v) is 6.60. The molecule has 0 saturated carbocycles. The van der Waals surface area contributed by atoms with Gasteiger partial charge < -0.3 is 9.84 Å². The molecule has 0 aromatic heterocycles. The Kier molecular flexibility index (Phi) is 2.99. The van der Waals surface area contributed by atoms with Gasteiger partial charge >= 0.3 is 6.09 Å². The Bertz CT molecular complexity index is 847. The van der Waals surface area contributed by atoms with E-state index in [9.17, 15) is 9.90 Å². The zero-order valence-electron chi connectivity index (χ0n) is 14.2. The van der Waals surface area contributed by atoms with Gasteiger partial charge in [0.25, 0.3) is 0 Å². The number of phenols is 1. The molecule has 4 rings (SSSR count). The van der Waals surface area contributed by atoms with Crippen LogP contribution in [0.25, 0.3) is 0 Å². The Morgan fingerprint density at radius 2 is 1.75 bits per heavy atom. The van der Waals surface area contributed by atoms with Crippen LogP contribution in [0.15, 0.2) is 42.5 Å². The molecule has 24 heavy (non-hydrogen) atoms. The van der Waals surface area contributed by atoms with Crippen molar-refractivity contribution in [1.29, 1.82) is 0 Å². The topological polar surface area (TPSA) is 49.8 Å². The number of phenolic OH excluding ortho intramolecular Hbond substituents is 1. The summed E-state index contributed by atoms with van der Waals surface area (Å²) in [6, 6.07) is 13.6. The minimum atomic E-state index is -0.632. The van der Waals surface area contributed by atoms with Crippen LogP contribution in [0.5, 0.6) is 5.75 Å². The minimum Gasteiger partial charge on any atom is -0.508 e. The maximum Gasteiger partial charge on any atom is 0.411 e. The van der Waals surface area contributed by atoms with Gasteiger partial charge in [0, 0.05) is 0 Å². The number of carbonyl (C=O) groups is 1. The highest BCUT2D eigenvalue weighted by molar-refractivity contribution is 5.80. The maximum absolute atomic E-state index is 12.9. The number of aromatic hydroxyl groups is 1. The molecule has 0 spiro atoms. The number of nitrogens with zero attached hydrogens (tertiary/aromatic N) is 1. The molecule has 2 unspecified atom stereocenters. The van der Waals surface area contributed by atoms with E-state index in [1.807, 2.05) is 36.9 Å². The lowest BCUT2D eigenvalue weighted by molar-refractivity contribution is 0.0462. The van der Waals surface area contributed by atoms with Crippen molar-refractivity contribution in [2.45, 2.75) is 38.3 Å². The summed E-state index contributed by atoms with van der Waals surface area (Å²) in [4.78, 5) is 14.8. The monoisotopic (exact) mass is 323 g/mol. The van der Waals surface area contributed by atoms with Crippen LogP contribution >= 0.6 is 0 Å². The molecular weight excluding hydrogens is 302 g/mol. The lowest BCUT2D eigenvalue weighted by Crippen LogP contribution is -2.48. The average molecular weight is 323 g/mol. The van der Waals surface area contributed by atoms with E-state index < -0.39 is 11.1 Å². The molecule has 1 N–H and O–H groups in total. The van der Waals surface area contributed by atoms with E-state index in [0.29, 0.717) is 6.61 Å². The predicted molar refractivity (Wildman–Crippen MR) is 90.9 cm³/mol. The van der Waals surface area contributed by atoms with Gasteiger partial charge in [-0.1, -0.05) is 37.3 Å². The Morgan fingerprint density at radius 1 is 1.08 bits per heavy atom. The molecule has 1 amide bonds. The van der Waals surface area contributed by atoms with Gasteiger partial charge in [-0.15, -0.1) is 0 Å². The van der Waals surface area contributed by atoms with Gasteiger partial charge in [-0.25, -0.2) is 4.79 Å². The third-order valence-corrected chi connectivity index (χ3v) is 5.66. The fourth-order valence-corrected chi connectivity index (χ4v) is 4.78. The summed E-state index contributed by atoms with van der Waals surface area (Å²) in [5.41, 5.74) is 3.15. The third-order valence-electron chi connectivity index (χ3n) is 5.66. The quantitative estimate of drug-likeness (QED) is 0.905. The van der Waals surface area contributed by atoms with E-state index >= 15 is 0 Å². The fourth-order valence-electron chi connectivity index (χ4n) is 4.78. The van der Waals surface area contributed by atoms with Gasteiger partial charge in [0.2, 0.25) is 0 Å². The molecule has 4 nitrogen and oxygen atoms in total. The number of ether oxygens (including phenoxy) is 1. The van der Waals surface area contributed by atoms with E-state index in [1.165, 1.54) is 0 Å². The smallest absolute Gasteiger partial charge is 0.411 e. The van der Waals surface area contributed by atoms with Crippen LogP contribution in [0.3, 0.4) is 0 Å². The number of rotatable bonds is 2. The molecule has 124 valence electrons. The molecule has 2 atom stereocenters. The molecule has 2 bridgehead atoms.